The average Bonchev–Trinajstić information content (AvgIpc) is 2.15. The third-order valence-corrected chi connectivity index (χ3v) is 3.03. The summed E-state index contributed by atoms with van der Waals surface area (Å²) in [5.74, 6) is 0. The molecule has 15 heavy (non-hydrogen) atoms. The second kappa shape index (κ2) is 5.66. The molecule has 0 aliphatic heterocycles. The fourth-order valence-electron chi connectivity index (χ4n) is 1.70. The summed E-state index contributed by atoms with van der Waals surface area (Å²) in [6.07, 6.45) is 2.43. The van der Waals surface area contributed by atoms with Gasteiger partial charge in [0.2, 0.25) is 0 Å². The van der Waals surface area contributed by atoms with Gasteiger partial charge in [-0.1, -0.05) is 41.4 Å². The van der Waals surface area contributed by atoms with E-state index in [4.69, 9.17) is 0 Å². The normalized spacial score (nSPS) is 11.7. The first kappa shape index (κ1) is 12.7. The molecule has 0 saturated heterocycles. The van der Waals surface area contributed by atoms with Gasteiger partial charge >= 0.3 is 0 Å². The number of hydrogen-bond donors (Lipinski definition) is 1. The Bertz CT molecular complexity index is 307. The van der Waals surface area contributed by atoms with Gasteiger partial charge in [-0.2, -0.15) is 0 Å². The molecule has 1 N–H and O–H groups in total. The highest BCUT2D eigenvalue weighted by Crippen LogP contribution is 2.14. The van der Waals surface area contributed by atoms with Gasteiger partial charge in [0.15, 0.2) is 0 Å². The predicted molar refractivity (Wildman–Crippen MR) is 70.0 cm³/mol. The van der Waals surface area contributed by atoms with Crippen LogP contribution in [-0.2, 0) is 6.54 Å². The van der Waals surface area contributed by atoms with Crippen molar-refractivity contribution in [3.05, 3.63) is 34.3 Å². The van der Waals surface area contributed by atoms with E-state index in [2.05, 4.69) is 66.3 Å². The Balaban J connectivity index is 2.49. The first-order valence-corrected chi connectivity index (χ1v) is 6.32. The third-order valence-electron chi connectivity index (χ3n) is 2.54. The third kappa shape index (κ3) is 4.80. The fourth-order valence-corrected chi connectivity index (χ4v) is 2.15. The quantitative estimate of drug-likeness (QED) is 0.848. The van der Waals surface area contributed by atoms with Gasteiger partial charge in [-0.15, -0.1) is 0 Å². The van der Waals surface area contributed by atoms with Gasteiger partial charge in [-0.3, -0.25) is 0 Å². The lowest BCUT2D eigenvalue weighted by atomic mass is 9.98. The van der Waals surface area contributed by atoms with Crippen molar-refractivity contribution in [1.29, 1.82) is 0 Å². The van der Waals surface area contributed by atoms with Crippen LogP contribution in [0.5, 0.6) is 0 Å². The van der Waals surface area contributed by atoms with Gasteiger partial charge in [0.25, 0.3) is 0 Å². The largest absolute Gasteiger partial charge is 0.308 e. The Morgan fingerprint density at radius 1 is 1.33 bits per heavy atom. The van der Waals surface area contributed by atoms with Gasteiger partial charge in [0, 0.05) is 16.6 Å². The summed E-state index contributed by atoms with van der Waals surface area (Å²) in [4.78, 5) is 0. The van der Waals surface area contributed by atoms with E-state index in [9.17, 15) is 0 Å². The standard InChI is InChI=1S/C13H20BrN/c1-4-8-13(2,3)15-10-11-6-5-7-12(14)9-11/h5-7,9,15H,4,8,10H2,1-3H3. The lowest BCUT2D eigenvalue weighted by Crippen LogP contribution is -2.38. The van der Waals surface area contributed by atoms with Crippen LogP contribution in [0.3, 0.4) is 0 Å². The molecule has 0 saturated carbocycles. The molecule has 0 atom stereocenters. The Hall–Kier alpha value is -0.340. The fraction of sp³-hybridized carbons (Fsp3) is 0.538. The molecular weight excluding hydrogens is 250 g/mol. The van der Waals surface area contributed by atoms with Crippen LogP contribution in [0.25, 0.3) is 0 Å². The lowest BCUT2D eigenvalue weighted by molar-refractivity contribution is 0.357. The molecule has 0 radical (unpaired) electrons. The number of halogens is 1. The van der Waals surface area contributed by atoms with Crippen molar-refractivity contribution in [3.63, 3.8) is 0 Å². The molecule has 84 valence electrons. The number of rotatable bonds is 5. The Labute approximate surface area is 101 Å². The Kier molecular flexibility index (Phi) is 4.81. The minimum absolute atomic E-state index is 0.233. The highest BCUT2D eigenvalue weighted by Gasteiger charge is 2.14. The van der Waals surface area contributed by atoms with Crippen molar-refractivity contribution in [2.24, 2.45) is 0 Å². The van der Waals surface area contributed by atoms with Crippen molar-refractivity contribution in [2.75, 3.05) is 0 Å². The van der Waals surface area contributed by atoms with Crippen molar-refractivity contribution in [3.8, 4) is 0 Å². The molecule has 1 aromatic rings. The maximum Gasteiger partial charge on any atom is 0.0210 e. The van der Waals surface area contributed by atoms with Crippen molar-refractivity contribution >= 4 is 15.9 Å². The van der Waals surface area contributed by atoms with Gasteiger partial charge in [-0.05, 0) is 38.0 Å². The monoisotopic (exact) mass is 269 g/mol. The summed E-state index contributed by atoms with van der Waals surface area (Å²) in [6.45, 7) is 7.68. The molecule has 0 spiro atoms. The van der Waals surface area contributed by atoms with E-state index >= 15 is 0 Å². The van der Waals surface area contributed by atoms with Crippen LogP contribution >= 0.6 is 15.9 Å². The topological polar surface area (TPSA) is 12.0 Å². The van der Waals surface area contributed by atoms with E-state index < -0.39 is 0 Å². The Morgan fingerprint density at radius 3 is 2.67 bits per heavy atom. The van der Waals surface area contributed by atoms with E-state index in [0.29, 0.717) is 0 Å². The first-order valence-electron chi connectivity index (χ1n) is 5.53. The Morgan fingerprint density at radius 2 is 2.07 bits per heavy atom. The van der Waals surface area contributed by atoms with Gasteiger partial charge in [-0.25, -0.2) is 0 Å². The van der Waals surface area contributed by atoms with Crippen molar-refractivity contribution in [1.82, 2.24) is 5.32 Å². The second-order valence-electron chi connectivity index (χ2n) is 4.62. The molecule has 0 aromatic heterocycles. The maximum absolute atomic E-state index is 3.58. The zero-order valence-corrected chi connectivity index (χ0v) is 11.4. The molecule has 1 aromatic carbocycles. The van der Waals surface area contributed by atoms with Crippen LogP contribution in [-0.4, -0.2) is 5.54 Å². The molecule has 0 aliphatic rings. The molecule has 2 heteroatoms. The molecule has 0 amide bonds. The van der Waals surface area contributed by atoms with E-state index in [1.165, 1.54) is 18.4 Å². The van der Waals surface area contributed by atoms with E-state index in [0.717, 1.165) is 11.0 Å². The van der Waals surface area contributed by atoms with Crippen LogP contribution in [0.4, 0.5) is 0 Å². The molecule has 0 fully saturated rings. The molecule has 1 rings (SSSR count). The molecule has 1 nitrogen and oxygen atoms in total. The highest BCUT2D eigenvalue weighted by atomic mass is 79.9. The van der Waals surface area contributed by atoms with Gasteiger partial charge < -0.3 is 5.32 Å². The minimum Gasteiger partial charge on any atom is -0.308 e. The predicted octanol–water partition coefficient (Wildman–Crippen LogP) is 4.12. The second-order valence-corrected chi connectivity index (χ2v) is 5.53. The molecule has 0 aliphatic carbocycles. The smallest absolute Gasteiger partial charge is 0.0210 e. The summed E-state index contributed by atoms with van der Waals surface area (Å²) in [6, 6.07) is 8.45. The first-order chi connectivity index (χ1) is 7.03. The molecule has 0 heterocycles. The number of nitrogens with one attached hydrogen (secondary N) is 1. The zero-order valence-electron chi connectivity index (χ0n) is 9.81. The van der Waals surface area contributed by atoms with E-state index in [1.54, 1.807) is 0 Å². The van der Waals surface area contributed by atoms with E-state index in [1.807, 2.05) is 0 Å². The van der Waals surface area contributed by atoms with Crippen LogP contribution < -0.4 is 5.32 Å². The summed E-state index contributed by atoms with van der Waals surface area (Å²) < 4.78 is 1.15. The lowest BCUT2D eigenvalue weighted by Gasteiger charge is -2.26. The summed E-state index contributed by atoms with van der Waals surface area (Å²) >= 11 is 3.49. The SMILES string of the molecule is CCCC(C)(C)NCc1cccc(Br)c1. The average molecular weight is 270 g/mol. The summed E-state index contributed by atoms with van der Waals surface area (Å²) in [5, 5.41) is 3.58. The molecule has 0 bridgehead atoms. The van der Waals surface area contributed by atoms with Gasteiger partial charge in [0.1, 0.15) is 0 Å². The van der Waals surface area contributed by atoms with Gasteiger partial charge in [0.05, 0.1) is 0 Å². The van der Waals surface area contributed by atoms with Crippen molar-refractivity contribution in [2.45, 2.75) is 45.7 Å². The number of hydrogen-bond acceptors (Lipinski definition) is 1. The van der Waals surface area contributed by atoms with Crippen molar-refractivity contribution < 1.29 is 0 Å². The minimum atomic E-state index is 0.233. The summed E-state index contributed by atoms with van der Waals surface area (Å²) in [7, 11) is 0. The van der Waals surface area contributed by atoms with Crippen LogP contribution in [0.1, 0.15) is 39.2 Å². The van der Waals surface area contributed by atoms with Crippen LogP contribution in [0, 0.1) is 0 Å². The van der Waals surface area contributed by atoms with Crippen LogP contribution in [0.15, 0.2) is 28.7 Å². The molecular formula is C13H20BrN. The van der Waals surface area contributed by atoms with Crippen LogP contribution in [0.2, 0.25) is 0 Å². The highest BCUT2D eigenvalue weighted by molar-refractivity contribution is 9.10. The number of benzene rings is 1. The maximum atomic E-state index is 3.58. The zero-order chi connectivity index (χ0) is 11.3. The molecule has 0 unspecified atom stereocenters. The van der Waals surface area contributed by atoms with E-state index in [-0.39, 0.29) is 5.54 Å². The summed E-state index contributed by atoms with van der Waals surface area (Å²) in [5.41, 5.74) is 1.56.